The van der Waals surface area contributed by atoms with Gasteiger partial charge in [0, 0.05) is 35.6 Å². The number of rotatable bonds is 6. The zero-order valence-corrected chi connectivity index (χ0v) is 19.8. The van der Waals surface area contributed by atoms with Gasteiger partial charge in [-0.15, -0.1) is 10.2 Å². The van der Waals surface area contributed by atoms with Gasteiger partial charge in [0.2, 0.25) is 0 Å². The van der Waals surface area contributed by atoms with Gasteiger partial charge in [-0.1, -0.05) is 41.6 Å². The first-order valence-electron chi connectivity index (χ1n) is 10.2. The molecule has 0 bridgehead atoms. The molecule has 7 nitrogen and oxygen atoms in total. The van der Waals surface area contributed by atoms with Gasteiger partial charge < -0.3 is 9.13 Å². The first-order chi connectivity index (χ1) is 14.7. The third kappa shape index (κ3) is 4.34. The summed E-state index contributed by atoms with van der Waals surface area (Å²) in [6, 6.07) is 9.87. The van der Waals surface area contributed by atoms with Crippen LogP contribution in [0.25, 0.3) is 11.4 Å². The maximum atomic E-state index is 13.0. The van der Waals surface area contributed by atoms with E-state index in [2.05, 4.69) is 10.2 Å². The number of aryl methyl sites for hydroxylation is 2. The molecule has 0 aliphatic carbocycles. The minimum Gasteiger partial charge on any atom is -0.344 e. The van der Waals surface area contributed by atoms with Gasteiger partial charge in [0.1, 0.15) is 0 Å². The van der Waals surface area contributed by atoms with Crippen LogP contribution in [0.3, 0.4) is 0 Å². The molecular formula is C22H26N4O3S2. The molecule has 2 aromatic heterocycles. The Labute approximate surface area is 186 Å². The van der Waals surface area contributed by atoms with Crippen LogP contribution >= 0.6 is 11.8 Å². The maximum absolute atomic E-state index is 13.0. The summed E-state index contributed by atoms with van der Waals surface area (Å²) in [5.41, 5.74) is 4.57. The van der Waals surface area contributed by atoms with Crippen LogP contribution in [-0.2, 0) is 16.9 Å². The molecule has 1 aliphatic heterocycles. The number of ketones is 1. The van der Waals surface area contributed by atoms with E-state index in [1.54, 1.807) is 0 Å². The lowest BCUT2D eigenvalue weighted by Crippen LogP contribution is -2.14. The van der Waals surface area contributed by atoms with Crippen LogP contribution in [0, 0.1) is 20.8 Å². The van der Waals surface area contributed by atoms with E-state index < -0.39 is 9.84 Å². The van der Waals surface area contributed by atoms with Crippen molar-refractivity contribution >= 4 is 27.4 Å². The Balaban J connectivity index is 1.49. The number of nitrogens with zero attached hydrogens (tertiary/aromatic N) is 4. The Morgan fingerprint density at radius 2 is 1.87 bits per heavy atom. The van der Waals surface area contributed by atoms with Crippen molar-refractivity contribution < 1.29 is 13.2 Å². The number of carbonyl (C=O) groups excluding carboxylic acids is 1. The summed E-state index contributed by atoms with van der Waals surface area (Å²) < 4.78 is 27.7. The van der Waals surface area contributed by atoms with Gasteiger partial charge in [0.15, 0.2) is 26.6 Å². The minimum atomic E-state index is -2.99. The monoisotopic (exact) mass is 458 g/mol. The van der Waals surface area contributed by atoms with Crippen molar-refractivity contribution in [3.63, 3.8) is 0 Å². The fourth-order valence-corrected chi connectivity index (χ4v) is 6.70. The summed E-state index contributed by atoms with van der Waals surface area (Å²) in [4.78, 5) is 13.0. The SMILES string of the molecule is Cc1ccc(-c2nnc(SCC(=O)c3cc(C)n(C4CCS(=O)(=O)C4)c3C)n2C)cc1. The Morgan fingerprint density at radius 3 is 2.52 bits per heavy atom. The van der Waals surface area contributed by atoms with Crippen molar-refractivity contribution in [2.45, 2.75) is 38.4 Å². The van der Waals surface area contributed by atoms with E-state index in [0.717, 1.165) is 22.8 Å². The molecule has 1 aliphatic rings. The van der Waals surface area contributed by atoms with E-state index in [1.165, 1.54) is 17.3 Å². The number of Topliss-reactive ketones (excluding diaryl/α,β-unsaturated/α-hetero) is 1. The van der Waals surface area contributed by atoms with Crippen molar-refractivity contribution in [1.82, 2.24) is 19.3 Å². The lowest BCUT2D eigenvalue weighted by Gasteiger charge is -2.16. The number of carbonyl (C=O) groups is 1. The first-order valence-corrected chi connectivity index (χ1v) is 13.0. The summed E-state index contributed by atoms with van der Waals surface area (Å²) in [5.74, 6) is 1.36. The fourth-order valence-electron chi connectivity index (χ4n) is 4.20. The number of sulfone groups is 1. The molecule has 1 fully saturated rings. The molecule has 0 spiro atoms. The number of hydrogen-bond donors (Lipinski definition) is 0. The van der Waals surface area contributed by atoms with E-state index in [1.807, 2.05) is 67.3 Å². The van der Waals surface area contributed by atoms with Crippen molar-refractivity contribution in [1.29, 1.82) is 0 Å². The molecule has 9 heteroatoms. The van der Waals surface area contributed by atoms with Gasteiger partial charge in [-0.2, -0.15) is 0 Å². The molecule has 31 heavy (non-hydrogen) atoms. The van der Waals surface area contributed by atoms with E-state index >= 15 is 0 Å². The van der Waals surface area contributed by atoms with Crippen LogP contribution in [-0.4, -0.2) is 50.8 Å². The van der Waals surface area contributed by atoms with Crippen LogP contribution in [0.1, 0.15) is 39.8 Å². The molecule has 3 heterocycles. The standard InChI is InChI=1S/C22H26N4O3S2/c1-14-5-7-17(8-6-14)21-23-24-22(25(21)4)30-12-20(27)19-11-15(2)26(16(19)3)18-9-10-31(28,29)13-18/h5-8,11,18H,9-10,12-13H2,1-4H3. The molecule has 3 aromatic rings. The molecule has 1 atom stereocenters. The molecule has 0 N–H and O–H groups in total. The topological polar surface area (TPSA) is 86.8 Å². The van der Waals surface area contributed by atoms with Crippen molar-refractivity contribution in [2.24, 2.45) is 7.05 Å². The normalized spacial score (nSPS) is 17.9. The van der Waals surface area contributed by atoms with Crippen LogP contribution in [0.5, 0.6) is 0 Å². The molecule has 0 amide bonds. The summed E-state index contributed by atoms with van der Waals surface area (Å²) >= 11 is 1.36. The highest BCUT2D eigenvalue weighted by Gasteiger charge is 2.31. The van der Waals surface area contributed by atoms with Crippen molar-refractivity contribution in [3.8, 4) is 11.4 Å². The van der Waals surface area contributed by atoms with Gasteiger partial charge in [0.25, 0.3) is 0 Å². The third-order valence-corrected chi connectivity index (χ3v) is 8.61. The molecule has 0 radical (unpaired) electrons. The van der Waals surface area contributed by atoms with Crippen LogP contribution < -0.4 is 0 Å². The zero-order valence-electron chi connectivity index (χ0n) is 18.1. The first kappa shape index (κ1) is 21.8. The second-order valence-corrected chi connectivity index (χ2v) is 11.3. The van der Waals surface area contributed by atoms with Gasteiger partial charge in [-0.3, -0.25) is 4.79 Å². The molecule has 1 saturated heterocycles. The van der Waals surface area contributed by atoms with Crippen LogP contribution in [0.2, 0.25) is 0 Å². The average Bonchev–Trinajstić information content (AvgIpc) is 3.35. The number of aromatic nitrogens is 4. The van der Waals surface area contributed by atoms with E-state index in [0.29, 0.717) is 17.1 Å². The van der Waals surface area contributed by atoms with E-state index in [4.69, 9.17) is 0 Å². The van der Waals surface area contributed by atoms with Gasteiger partial charge >= 0.3 is 0 Å². The quantitative estimate of drug-likeness (QED) is 0.415. The highest BCUT2D eigenvalue weighted by atomic mass is 32.2. The minimum absolute atomic E-state index is 0.00471. The third-order valence-electron chi connectivity index (χ3n) is 5.84. The van der Waals surface area contributed by atoms with Crippen molar-refractivity contribution in [3.05, 3.63) is 52.8 Å². The second-order valence-electron chi connectivity index (χ2n) is 8.15. The Kier molecular flexibility index (Phi) is 5.83. The summed E-state index contributed by atoms with van der Waals surface area (Å²) in [5, 5.41) is 9.22. The number of benzene rings is 1. The summed E-state index contributed by atoms with van der Waals surface area (Å²) in [6.07, 6.45) is 0.599. The maximum Gasteiger partial charge on any atom is 0.191 e. The Hall–Kier alpha value is -2.39. The number of hydrogen-bond acceptors (Lipinski definition) is 6. The average molecular weight is 459 g/mol. The second kappa shape index (κ2) is 8.27. The summed E-state index contributed by atoms with van der Waals surface area (Å²) in [6.45, 7) is 5.86. The predicted octanol–water partition coefficient (Wildman–Crippen LogP) is 3.54. The molecule has 1 unspecified atom stereocenters. The molecule has 0 saturated carbocycles. The highest BCUT2D eigenvalue weighted by Crippen LogP contribution is 2.30. The highest BCUT2D eigenvalue weighted by molar-refractivity contribution is 7.99. The zero-order chi connectivity index (χ0) is 22.3. The summed E-state index contributed by atoms with van der Waals surface area (Å²) in [7, 11) is -1.09. The molecular weight excluding hydrogens is 432 g/mol. The van der Waals surface area contributed by atoms with Crippen LogP contribution in [0.15, 0.2) is 35.5 Å². The molecule has 4 rings (SSSR count). The smallest absolute Gasteiger partial charge is 0.191 e. The lowest BCUT2D eigenvalue weighted by molar-refractivity contribution is 0.102. The largest absolute Gasteiger partial charge is 0.344 e. The predicted molar refractivity (Wildman–Crippen MR) is 122 cm³/mol. The molecule has 164 valence electrons. The Morgan fingerprint density at radius 1 is 1.16 bits per heavy atom. The van der Waals surface area contributed by atoms with E-state index in [9.17, 15) is 13.2 Å². The van der Waals surface area contributed by atoms with Gasteiger partial charge in [0.05, 0.1) is 17.3 Å². The number of thioether (sulfide) groups is 1. The lowest BCUT2D eigenvalue weighted by atomic mass is 10.1. The fraction of sp³-hybridized carbons (Fsp3) is 0.409. The molecule has 1 aromatic carbocycles. The van der Waals surface area contributed by atoms with Crippen molar-refractivity contribution in [2.75, 3.05) is 17.3 Å². The van der Waals surface area contributed by atoms with Gasteiger partial charge in [-0.05, 0) is 33.3 Å². The van der Waals surface area contributed by atoms with Gasteiger partial charge in [-0.25, -0.2) is 8.42 Å². The van der Waals surface area contributed by atoms with E-state index in [-0.39, 0.29) is 29.1 Å². The Bertz CT molecular complexity index is 1240. The van der Waals surface area contributed by atoms with Crippen LogP contribution in [0.4, 0.5) is 0 Å².